The molecule has 0 radical (unpaired) electrons. The molecule has 2 aromatic carbocycles. The first-order valence-corrected chi connectivity index (χ1v) is 13.2. The lowest BCUT2D eigenvalue weighted by Crippen LogP contribution is -2.32. The molecule has 2 atom stereocenters. The molecular weight excluding hydrogens is 465 g/mol. The quantitative estimate of drug-likeness (QED) is 0.404. The lowest BCUT2D eigenvalue weighted by atomic mass is 9.96. The monoisotopic (exact) mass is 495 g/mol. The Hall–Kier alpha value is -2.78. The average molecular weight is 496 g/mol. The van der Waals surface area contributed by atoms with Crippen LogP contribution in [-0.2, 0) is 24.5 Å². The molecule has 184 valence electrons. The number of carbonyl (C=O) groups excluding carboxylic acids is 1. The van der Waals surface area contributed by atoms with Crippen molar-refractivity contribution in [3.05, 3.63) is 88.9 Å². The van der Waals surface area contributed by atoms with Crippen LogP contribution in [-0.4, -0.2) is 37.2 Å². The van der Waals surface area contributed by atoms with Crippen LogP contribution in [0.5, 0.6) is 0 Å². The van der Waals surface area contributed by atoms with Gasteiger partial charge in [-0.2, -0.15) is 0 Å². The molecule has 35 heavy (non-hydrogen) atoms. The summed E-state index contributed by atoms with van der Waals surface area (Å²) in [7, 11) is 0. The summed E-state index contributed by atoms with van der Waals surface area (Å²) < 4.78 is 29.1. The molecule has 0 bridgehead atoms. The van der Waals surface area contributed by atoms with Crippen LogP contribution < -0.4 is 5.32 Å². The molecule has 1 amide bonds. The molecule has 0 saturated heterocycles. The number of benzene rings is 2. The average Bonchev–Trinajstić information content (AvgIpc) is 3.25. The highest BCUT2D eigenvalue weighted by Crippen LogP contribution is 2.43. The van der Waals surface area contributed by atoms with Crippen molar-refractivity contribution in [2.45, 2.75) is 45.3 Å². The fraction of sp³-hybridized carbons (Fsp3) is 0.333. The number of carbonyl (C=O) groups is 1. The van der Waals surface area contributed by atoms with Crippen molar-refractivity contribution in [2.75, 3.05) is 12.4 Å². The lowest BCUT2D eigenvalue weighted by Gasteiger charge is -2.26. The van der Waals surface area contributed by atoms with Crippen molar-refractivity contribution >= 4 is 17.3 Å². The summed E-state index contributed by atoms with van der Waals surface area (Å²) in [5, 5.41) is 12.6. The predicted molar refractivity (Wildman–Crippen MR) is 135 cm³/mol. The van der Waals surface area contributed by atoms with Crippen molar-refractivity contribution in [3.8, 4) is 11.3 Å². The molecule has 0 spiro atoms. The van der Waals surface area contributed by atoms with Crippen molar-refractivity contribution in [1.82, 2.24) is 14.6 Å². The fourth-order valence-electron chi connectivity index (χ4n) is 4.38. The van der Waals surface area contributed by atoms with E-state index in [4.69, 9.17) is 4.98 Å². The third kappa shape index (κ3) is 5.73. The summed E-state index contributed by atoms with van der Waals surface area (Å²) in [5.41, 5.74) is 3.89. The molecule has 8 heteroatoms. The Kier molecular flexibility index (Phi) is 8.51. The van der Waals surface area contributed by atoms with Gasteiger partial charge in [0.2, 0.25) is 0 Å². The number of fused-ring (bicyclic) bond motifs is 1. The van der Waals surface area contributed by atoms with Crippen LogP contribution in [0.3, 0.4) is 0 Å². The van der Waals surface area contributed by atoms with Gasteiger partial charge in [-0.15, -0.1) is 4.31 Å². The van der Waals surface area contributed by atoms with E-state index in [2.05, 4.69) is 12.2 Å². The maximum Gasteiger partial charge on any atom is 0.270 e. The topological polar surface area (TPSA) is 88.5 Å². The van der Waals surface area contributed by atoms with Gasteiger partial charge in [-0.1, -0.05) is 61.9 Å². The van der Waals surface area contributed by atoms with E-state index in [1.54, 1.807) is 24.3 Å². The molecule has 0 unspecified atom stereocenters. The number of nitrogens with one attached hydrogen (secondary N) is 1. The minimum absolute atomic E-state index is 0.0469. The zero-order valence-corrected chi connectivity index (χ0v) is 20.6. The maximum atomic E-state index is 14.0. The first-order valence-electron chi connectivity index (χ1n) is 11.9. The second-order valence-electron chi connectivity index (χ2n) is 8.55. The Morgan fingerprint density at radius 3 is 2.69 bits per heavy atom. The molecule has 0 aliphatic carbocycles. The summed E-state index contributed by atoms with van der Waals surface area (Å²) in [4.78, 5) is 17.8. The zero-order valence-electron chi connectivity index (χ0n) is 19.7. The standard InChI is InChI=1S/C27H30FN3O3S/c1-2-3-15-35(34)31-18-21-16-23(27(33)29-17-20-11-7-8-12-22(20)28)30-26(19-9-5-4-6-10-19)25(21)24(31)13-14-32/h4-12,16,24,32H,2-3,13-15,17-18H2,1H3,(H,29,33)/t24-,35-/m1/s1. The molecule has 6 nitrogen and oxygen atoms in total. The lowest BCUT2D eigenvalue weighted by molar-refractivity contribution is 0.0945. The molecule has 1 aromatic heterocycles. The summed E-state index contributed by atoms with van der Waals surface area (Å²) in [5.74, 6) is -0.231. The van der Waals surface area contributed by atoms with Gasteiger partial charge < -0.3 is 15.0 Å². The highest BCUT2D eigenvalue weighted by atomic mass is 32.2. The van der Waals surface area contributed by atoms with Crippen molar-refractivity contribution in [3.63, 3.8) is 0 Å². The van der Waals surface area contributed by atoms with Crippen molar-refractivity contribution in [1.29, 1.82) is 0 Å². The maximum absolute atomic E-state index is 14.0. The number of hydrogen-bond acceptors (Lipinski definition) is 5. The van der Waals surface area contributed by atoms with Crippen LogP contribution in [0.4, 0.5) is 4.39 Å². The summed E-state index contributed by atoms with van der Waals surface area (Å²) >= 11 is -1.21. The number of aliphatic hydroxyl groups is 1. The number of aliphatic hydroxyl groups excluding tert-OH is 1. The smallest absolute Gasteiger partial charge is 0.270 e. The van der Waals surface area contributed by atoms with Crippen LogP contribution in [0.25, 0.3) is 11.3 Å². The number of rotatable bonds is 10. The molecule has 2 heterocycles. The number of hydrogen-bond donors (Lipinski definition) is 2. The molecule has 1 aliphatic heterocycles. The third-order valence-corrected chi connectivity index (χ3v) is 7.71. The molecule has 0 saturated carbocycles. The van der Waals surface area contributed by atoms with E-state index >= 15 is 0 Å². The van der Waals surface area contributed by atoms with E-state index in [1.807, 2.05) is 34.6 Å². The first-order chi connectivity index (χ1) is 17.0. The Balaban J connectivity index is 1.70. The predicted octanol–water partition coefficient (Wildman–Crippen LogP) is 4.52. The third-order valence-electron chi connectivity index (χ3n) is 6.17. The highest BCUT2D eigenvalue weighted by molar-refractivity contribution is 7.89. The molecule has 0 fully saturated rings. The van der Waals surface area contributed by atoms with Gasteiger partial charge in [0.15, 0.2) is 0 Å². The number of halogens is 1. The van der Waals surface area contributed by atoms with E-state index in [0.29, 0.717) is 30.0 Å². The minimum Gasteiger partial charge on any atom is -0.598 e. The van der Waals surface area contributed by atoms with Gasteiger partial charge in [0.25, 0.3) is 5.91 Å². The first kappa shape index (κ1) is 25.3. The van der Waals surface area contributed by atoms with E-state index in [1.165, 1.54) is 6.07 Å². The highest BCUT2D eigenvalue weighted by Gasteiger charge is 2.40. The Labute approximate surface area is 208 Å². The van der Waals surface area contributed by atoms with Crippen LogP contribution >= 0.6 is 0 Å². The van der Waals surface area contributed by atoms with Gasteiger partial charge in [-0.25, -0.2) is 9.37 Å². The summed E-state index contributed by atoms with van der Waals surface area (Å²) in [6.45, 7) is 2.47. The minimum atomic E-state index is -1.21. The number of aromatic nitrogens is 1. The van der Waals surface area contributed by atoms with E-state index < -0.39 is 17.3 Å². The van der Waals surface area contributed by atoms with Crippen LogP contribution in [0.2, 0.25) is 0 Å². The molecule has 4 rings (SSSR count). The van der Waals surface area contributed by atoms with Crippen molar-refractivity contribution < 1.29 is 18.8 Å². The van der Waals surface area contributed by atoms with Crippen molar-refractivity contribution in [2.24, 2.45) is 0 Å². The van der Waals surface area contributed by atoms with Crippen LogP contribution in [0, 0.1) is 5.82 Å². The summed E-state index contributed by atoms with van der Waals surface area (Å²) in [6.07, 6.45) is 2.21. The van der Waals surface area contributed by atoms with E-state index in [9.17, 15) is 18.8 Å². The number of unbranched alkanes of at least 4 members (excludes halogenated alkanes) is 1. The van der Waals surface area contributed by atoms with Crippen LogP contribution in [0.15, 0.2) is 60.7 Å². The van der Waals surface area contributed by atoms with Gasteiger partial charge in [-0.05, 0) is 30.5 Å². The molecular formula is C27H30FN3O3S. The largest absolute Gasteiger partial charge is 0.598 e. The van der Waals surface area contributed by atoms with E-state index in [0.717, 1.165) is 29.5 Å². The van der Waals surface area contributed by atoms with Gasteiger partial charge >= 0.3 is 0 Å². The number of amides is 1. The zero-order chi connectivity index (χ0) is 24.8. The second-order valence-corrected chi connectivity index (χ2v) is 10.1. The van der Waals surface area contributed by atoms with Gasteiger partial charge in [0.1, 0.15) is 17.3 Å². The molecule has 2 N–H and O–H groups in total. The van der Waals surface area contributed by atoms with E-state index in [-0.39, 0.29) is 30.7 Å². The molecule has 1 aliphatic rings. The fourth-order valence-corrected chi connectivity index (χ4v) is 5.93. The van der Waals surface area contributed by atoms with Crippen LogP contribution in [0.1, 0.15) is 59.4 Å². The number of nitrogens with zero attached hydrogens (tertiary/aromatic N) is 2. The second kappa shape index (κ2) is 11.8. The SMILES string of the molecule is CCCC[S@@+]([O-])N1Cc2cc(C(=O)NCc3ccccc3F)nc(-c3ccccc3)c2[C@H]1CCO. The Morgan fingerprint density at radius 1 is 1.23 bits per heavy atom. The molecule has 3 aromatic rings. The van der Waals surface area contributed by atoms with Gasteiger partial charge in [0.05, 0.1) is 18.3 Å². The van der Waals surface area contributed by atoms with Gasteiger partial charge in [-0.3, -0.25) is 4.79 Å². The Morgan fingerprint density at radius 2 is 1.97 bits per heavy atom. The Bertz CT molecular complexity index is 1160. The number of pyridine rings is 1. The summed E-state index contributed by atoms with van der Waals surface area (Å²) in [6, 6.07) is 17.4. The normalized spacial score (nSPS) is 16.2. The van der Waals surface area contributed by atoms with Gasteiger partial charge in [0, 0.05) is 41.2 Å².